The molecular formula is C8H9NO. The van der Waals surface area contributed by atoms with Crippen molar-refractivity contribution in [2.24, 2.45) is 0 Å². The zero-order valence-corrected chi connectivity index (χ0v) is 5.82. The van der Waals surface area contributed by atoms with Gasteiger partial charge in [-0.2, -0.15) is 0 Å². The monoisotopic (exact) mass is 135 g/mol. The maximum absolute atomic E-state index is 10.3. The lowest BCUT2D eigenvalue weighted by Crippen LogP contribution is -1.92. The second-order valence-corrected chi connectivity index (χ2v) is 1.92. The van der Waals surface area contributed by atoms with E-state index in [1.165, 1.54) is 0 Å². The van der Waals surface area contributed by atoms with Gasteiger partial charge in [-0.1, -0.05) is 6.08 Å². The molecule has 52 valence electrons. The highest BCUT2D eigenvalue weighted by atomic mass is 16.1. The van der Waals surface area contributed by atoms with E-state index < -0.39 is 0 Å². The highest BCUT2D eigenvalue weighted by Crippen LogP contribution is 2.00. The molecule has 0 saturated heterocycles. The minimum absolute atomic E-state index is 0.671. The van der Waals surface area contributed by atoms with Crippen molar-refractivity contribution in [1.82, 2.24) is 4.57 Å². The molecule has 0 aromatic carbocycles. The number of rotatable bonds is 2. The van der Waals surface area contributed by atoms with Crippen LogP contribution in [0.1, 0.15) is 6.92 Å². The SMILES string of the molecule is C/C=C(\C=O)n1cccc1. The van der Waals surface area contributed by atoms with Gasteiger partial charge in [0, 0.05) is 12.4 Å². The molecule has 1 heterocycles. The zero-order valence-electron chi connectivity index (χ0n) is 5.82. The first kappa shape index (κ1) is 6.81. The molecule has 1 rings (SSSR count). The fourth-order valence-corrected chi connectivity index (χ4v) is 0.785. The van der Waals surface area contributed by atoms with E-state index in [0.29, 0.717) is 5.70 Å². The largest absolute Gasteiger partial charge is 0.321 e. The molecule has 0 bridgehead atoms. The second kappa shape index (κ2) is 3.01. The van der Waals surface area contributed by atoms with Crippen LogP contribution in [-0.2, 0) is 4.79 Å². The summed E-state index contributed by atoms with van der Waals surface area (Å²) in [7, 11) is 0. The van der Waals surface area contributed by atoms with Gasteiger partial charge in [-0.25, -0.2) is 0 Å². The third-order valence-corrected chi connectivity index (χ3v) is 1.32. The lowest BCUT2D eigenvalue weighted by molar-refractivity contribution is -0.103. The smallest absolute Gasteiger partial charge is 0.166 e. The number of aromatic nitrogens is 1. The molecule has 0 atom stereocenters. The molecule has 2 heteroatoms. The molecule has 0 unspecified atom stereocenters. The van der Waals surface area contributed by atoms with Gasteiger partial charge in [0.2, 0.25) is 0 Å². The van der Waals surface area contributed by atoms with Crippen molar-refractivity contribution in [2.75, 3.05) is 0 Å². The van der Waals surface area contributed by atoms with Crippen LogP contribution in [0.3, 0.4) is 0 Å². The van der Waals surface area contributed by atoms with Crippen molar-refractivity contribution >= 4 is 12.0 Å². The van der Waals surface area contributed by atoms with Crippen molar-refractivity contribution < 1.29 is 4.79 Å². The Morgan fingerprint density at radius 1 is 1.40 bits per heavy atom. The van der Waals surface area contributed by atoms with Crippen molar-refractivity contribution in [3.63, 3.8) is 0 Å². The van der Waals surface area contributed by atoms with Gasteiger partial charge in [0.1, 0.15) is 0 Å². The van der Waals surface area contributed by atoms with Crippen LogP contribution in [-0.4, -0.2) is 10.9 Å². The predicted molar refractivity (Wildman–Crippen MR) is 40.4 cm³/mol. The molecule has 0 aliphatic heterocycles. The number of hydrogen-bond donors (Lipinski definition) is 0. The molecule has 0 amide bonds. The fourth-order valence-electron chi connectivity index (χ4n) is 0.785. The summed E-state index contributed by atoms with van der Waals surface area (Å²) in [6.45, 7) is 1.84. The molecule has 0 saturated carbocycles. The summed E-state index contributed by atoms with van der Waals surface area (Å²) in [6.07, 6.45) is 6.28. The van der Waals surface area contributed by atoms with E-state index in [9.17, 15) is 4.79 Å². The first-order valence-corrected chi connectivity index (χ1v) is 3.13. The van der Waals surface area contributed by atoms with Gasteiger partial charge in [-0.3, -0.25) is 4.79 Å². The lowest BCUT2D eigenvalue weighted by Gasteiger charge is -1.97. The Balaban J connectivity index is 2.95. The van der Waals surface area contributed by atoms with Crippen molar-refractivity contribution in [3.05, 3.63) is 30.6 Å². The quantitative estimate of drug-likeness (QED) is 0.445. The van der Waals surface area contributed by atoms with Gasteiger partial charge >= 0.3 is 0 Å². The molecule has 1 aromatic heterocycles. The van der Waals surface area contributed by atoms with E-state index in [1.54, 1.807) is 10.6 Å². The molecule has 1 aromatic rings. The summed E-state index contributed by atoms with van der Waals surface area (Å²) in [5, 5.41) is 0. The second-order valence-electron chi connectivity index (χ2n) is 1.92. The van der Waals surface area contributed by atoms with Crippen LogP contribution in [0.4, 0.5) is 0 Å². The van der Waals surface area contributed by atoms with Gasteiger partial charge in [-0.05, 0) is 19.1 Å². The Hall–Kier alpha value is -1.31. The average molecular weight is 135 g/mol. The standard InChI is InChI=1S/C8H9NO/c1-2-8(7-10)9-5-3-4-6-9/h2-7H,1H3/b8-2+. The van der Waals surface area contributed by atoms with E-state index in [1.807, 2.05) is 31.5 Å². The van der Waals surface area contributed by atoms with Crippen LogP contribution in [0, 0.1) is 0 Å². The van der Waals surface area contributed by atoms with Gasteiger partial charge in [0.05, 0.1) is 5.70 Å². The van der Waals surface area contributed by atoms with Crippen molar-refractivity contribution in [2.45, 2.75) is 6.92 Å². The Kier molecular flexibility index (Phi) is 2.05. The van der Waals surface area contributed by atoms with Crippen molar-refractivity contribution in [3.8, 4) is 0 Å². The number of carbonyl (C=O) groups is 1. The Labute approximate surface area is 59.8 Å². The van der Waals surface area contributed by atoms with E-state index in [2.05, 4.69) is 0 Å². The summed E-state index contributed by atoms with van der Waals surface area (Å²) in [4.78, 5) is 10.3. The zero-order chi connectivity index (χ0) is 7.40. The van der Waals surface area contributed by atoms with Crippen LogP contribution >= 0.6 is 0 Å². The van der Waals surface area contributed by atoms with Crippen LogP contribution in [0.25, 0.3) is 5.70 Å². The molecule has 0 fully saturated rings. The van der Waals surface area contributed by atoms with Gasteiger partial charge < -0.3 is 4.57 Å². The van der Waals surface area contributed by atoms with Crippen LogP contribution in [0.15, 0.2) is 30.6 Å². The Morgan fingerprint density at radius 3 is 2.40 bits per heavy atom. The highest BCUT2D eigenvalue weighted by Gasteiger charge is 1.91. The first-order chi connectivity index (χ1) is 4.88. The minimum Gasteiger partial charge on any atom is -0.321 e. The molecule has 0 N–H and O–H groups in total. The van der Waals surface area contributed by atoms with E-state index >= 15 is 0 Å². The maximum atomic E-state index is 10.3. The normalized spacial score (nSPS) is 11.5. The van der Waals surface area contributed by atoms with Crippen molar-refractivity contribution in [1.29, 1.82) is 0 Å². The fraction of sp³-hybridized carbons (Fsp3) is 0.125. The summed E-state index contributed by atoms with van der Waals surface area (Å²) >= 11 is 0. The number of allylic oxidation sites excluding steroid dienone is 2. The third kappa shape index (κ3) is 1.16. The van der Waals surface area contributed by atoms with Gasteiger partial charge in [0.15, 0.2) is 6.29 Å². The summed E-state index contributed by atoms with van der Waals surface area (Å²) in [5.74, 6) is 0. The van der Waals surface area contributed by atoms with E-state index in [-0.39, 0.29) is 0 Å². The maximum Gasteiger partial charge on any atom is 0.166 e. The minimum atomic E-state index is 0.671. The predicted octanol–water partition coefficient (Wildman–Crippen LogP) is 1.55. The number of nitrogens with zero attached hydrogens (tertiary/aromatic N) is 1. The number of carbonyl (C=O) groups excluding carboxylic acids is 1. The molecule has 0 radical (unpaired) electrons. The van der Waals surface area contributed by atoms with Gasteiger partial charge in [0.25, 0.3) is 0 Å². The average Bonchev–Trinajstić information content (AvgIpc) is 2.43. The topological polar surface area (TPSA) is 22.0 Å². The third-order valence-electron chi connectivity index (χ3n) is 1.32. The number of aldehydes is 1. The molecule has 0 aliphatic carbocycles. The Morgan fingerprint density at radius 2 is 2.00 bits per heavy atom. The lowest BCUT2D eigenvalue weighted by atomic mass is 10.4. The molecule has 0 spiro atoms. The van der Waals surface area contributed by atoms with E-state index in [0.717, 1.165) is 6.29 Å². The summed E-state index contributed by atoms with van der Waals surface area (Å²) < 4.78 is 1.77. The summed E-state index contributed by atoms with van der Waals surface area (Å²) in [5.41, 5.74) is 0.671. The number of hydrogen-bond acceptors (Lipinski definition) is 1. The highest BCUT2D eigenvalue weighted by molar-refractivity contribution is 5.98. The van der Waals surface area contributed by atoms with Crippen LogP contribution < -0.4 is 0 Å². The van der Waals surface area contributed by atoms with Crippen LogP contribution in [0.2, 0.25) is 0 Å². The van der Waals surface area contributed by atoms with E-state index in [4.69, 9.17) is 0 Å². The molecule has 2 nitrogen and oxygen atoms in total. The Bertz CT molecular complexity index is 234. The molecule has 10 heavy (non-hydrogen) atoms. The molecule has 0 aliphatic rings. The first-order valence-electron chi connectivity index (χ1n) is 3.13. The summed E-state index contributed by atoms with van der Waals surface area (Å²) in [6, 6.07) is 3.76. The molecular weight excluding hydrogens is 126 g/mol. The van der Waals surface area contributed by atoms with Crippen LogP contribution in [0.5, 0.6) is 0 Å². The van der Waals surface area contributed by atoms with Gasteiger partial charge in [-0.15, -0.1) is 0 Å².